The normalized spacial score (nSPS) is 24.3. The zero-order chi connectivity index (χ0) is 17.0. The average Bonchev–Trinajstić information content (AvgIpc) is 2.54. The Morgan fingerprint density at radius 2 is 1.05 bits per heavy atom. The minimum atomic E-state index is -1.92. The molecule has 0 saturated carbocycles. The van der Waals surface area contributed by atoms with Crippen molar-refractivity contribution in [3.63, 3.8) is 0 Å². The monoisotopic (exact) mass is 324 g/mol. The summed E-state index contributed by atoms with van der Waals surface area (Å²) < 4.78 is 0. The largest absolute Gasteiger partial charge is 0.197 e. The molecule has 0 aliphatic heterocycles. The van der Waals surface area contributed by atoms with E-state index in [9.17, 15) is 21.0 Å². The van der Waals surface area contributed by atoms with Crippen LogP contribution in [0.4, 0.5) is 0 Å². The van der Waals surface area contributed by atoms with Crippen LogP contribution in [0.1, 0.15) is 13.8 Å². The Morgan fingerprint density at radius 3 is 1.23 bits per heavy atom. The van der Waals surface area contributed by atoms with E-state index in [1.165, 1.54) is 13.8 Å². The van der Waals surface area contributed by atoms with Crippen LogP contribution in [-0.4, -0.2) is 10.3 Å². The highest BCUT2D eigenvalue weighted by Crippen LogP contribution is 2.57. The number of aliphatic imine (C=N–C) groups is 2. The van der Waals surface area contributed by atoms with Crippen LogP contribution < -0.4 is 0 Å². The first-order valence-electron chi connectivity index (χ1n) is 6.01. The molecule has 0 amide bonds. The highest BCUT2D eigenvalue weighted by Gasteiger charge is 2.65. The fourth-order valence-corrected chi connectivity index (χ4v) is 2.93. The lowest BCUT2D eigenvalue weighted by Gasteiger charge is -2.43. The SMILES string of the molecule is C[C@@H]1C(N=C=S)=C(N=C=S)[C@@H](C)C(C#N)(C#N)C1(C#N)C#N. The molecule has 6 nitrogen and oxygen atoms in total. The molecular formula is C14H8N6S2. The minimum Gasteiger partial charge on any atom is -0.197 e. The van der Waals surface area contributed by atoms with Crippen LogP contribution in [0, 0.1) is 68.0 Å². The Hall–Kier alpha value is -2.70. The van der Waals surface area contributed by atoms with Crippen molar-refractivity contribution in [1.29, 1.82) is 21.0 Å². The number of nitrogens with zero attached hydrogens (tertiary/aromatic N) is 6. The predicted octanol–water partition coefficient (Wildman–Crippen LogP) is 2.76. The maximum atomic E-state index is 9.58. The van der Waals surface area contributed by atoms with Gasteiger partial charge in [-0.25, -0.2) is 0 Å². The smallest absolute Gasteiger partial charge is 0.184 e. The van der Waals surface area contributed by atoms with E-state index in [1.807, 2.05) is 24.3 Å². The number of thiocarbonyl (C=S) groups is 2. The highest BCUT2D eigenvalue weighted by atomic mass is 32.1. The zero-order valence-corrected chi connectivity index (χ0v) is 13.3. The molecule has 0 aromatic rings. The van der Waals surface area contributed by atoms with Gasteiger partial charge in [-0.05, 0) is 24.4 Å². The summed E-state index contributed by atoms with van der Waals surface area (Å²) in [6.07, 6.45) is 0. The lowest BCUT2D eigenvalue weighted by molar-refractivity contribution is 0.153. The summed E-state index contributed by atoms with van der Waals surface area (Å²) >= 11 is 9.18. The van der Waals surface area contributed by atoms with Crippen LogP contribution in [0.3, 0.4) is 0 Å². The lowest BCUT2D eigenvalue weighted by Crippen LogP contribution is -2.51. The molecule has 0 N–H and O–H groups in total. The molecule has 0 aromatic carbocycles. The molecular weight excluding hydrogens is 316 g/mol. The Kier molecular flexibility index (Phi) is 5.03. The Bertz CT molecular complexity index is 704. The van der Waals surface area contributed by atoms with E-state index in [-0.39, 0.29) is 11.4 Å². The molecule has 0 bridgehead atoms. The van der Waals surface area contributed by atoms with Crippen LogP contribution >= 0.6 is 24.4 Å². The molecule has 106 valence electrons. The molecule has 1 aliphatic carbocycles. The quantitative estimate of drug-likeness (QED) is 0.569. The third kappa shape index (κ3) is 1.97. The summed E-state index contributed by atoms with van der Waals surface area (Å²) in [6, 6.07) is 7.36. The van der Waals surface area contributed by atoms with Gasteiger partial charge in [0.05, 0.1) is 46.0 Å². The maximum absolute atomic E-state index is 9.58. The van der Waals surface area contributed by atoms with Crippen LogP contribution in [0.2, 0.25) is 0 Å². The summed E-state index contributed by atoms with van der Waals surface area (Å²) in [5.74, 6) is -1.76. The van der Waals surface area contributed by atoms with E-state index in [1.54, 1.807) is 0 Å². The lowest BCUT2D eigenvalue weighted by atomic mass is 9.51. The molecule has 0 spiro atoms. The average molecular weight is 324 g/mol. The minimum absolute atomic E-state index is 0.212. The van der Waals surface area contributed by atoms with E-state index < -0.39 is 22.7 Å². The summed E-state index contributed by atoms with van der Waals surface area (Å²) in [4.78, 5) is 7.77. The van der Waals surface area contributed by atoms with Crippen LogP contribution in [0.5, 0.6) is 0 Å². The van der Waals surface area contributed by atoms with Crippen molar-refractivity contribution in [3.8, 4) is 24.3 Å². The first kappa shape index (κ1) is 17.4. The van der Waals surface area contributed by atoms with Gasteiger partial charge in [0.2, 0.25) is 0 Å². The maximum Gasteiger partial charge on any atom is 0.184 e. The number of hydrogen-bond acceptors (Lipinski definition) is 8. The summed E-state index contributed by atoms with van der Waals surface area (Å²) in [6.45, 7) is 3.04. The van der Waals surface area contributed by atoms with Gasteiger partial charge in [-0.1, -0.05) is 13.8 Å². The van der Waals surface area contributed by atoms with Crippen molar-refractivity contribution in [2.45, 2.75) is 13.8 Å². The van der Waals surface area contributed by atoms with E-state index >= 15 is 0 Å². The Labute approximate surface area is 138 Å². The van der Waals surface area contributed by atoms with Gasteiger partial charge in [0.1, 0.15) is 0 Å². The van der Waals surface area contributed by atoms with E-state index in [0.29, 0.717) is 0 Å². The first-order chi connectivity index (χ1) is 10.5. The van der Waals surface area contributed by atoms with E-state index in [0.717, 1.165) is 0 Å². The molecule has 8 heteroatoms. The molecule has 0 radical (unpaired) electrons. The summed E-state index contributed by atoms with van der Waals surface area (Å²) in [5.41, 5.74) is -3.41. The number of rotatable bonds is 2. The van der Waals surface area contributed by atoms with Crippen molar-refractivity contribution in [2.75, 3.05) is 0 Å². The molecule has 22 heavy (non-hydrogen) atoms. The second-order valence-electron chi connectivity index (χ2n) is 4.68. The van der Waals surface area contributed by atoms with E-state index in [4.69, 9.17) is 0 Å². The zero-order valence-electron chi connectivity index (χ0n) is 11.7. The van der Waals surface area contributed by atoms with Gasteiger partial charge in [0.25, 0.3) is 0 Å². The van der Waals surface area contributed by atoms with Gasteiger partial charge in [-0.15, -0.1) is 0 Å². The van der Waals surface area contributed by atoms with Gasteiger partial charge in [-0.3, -0.25) is 0 Å². The molecule has 2 atom stereocenters. The Morgan fingerprint density at radius 1 is 0.773 bits per heavy atom. The van der Waals surface area contributed by atoms with Crippen molar-refractivity contribution < 1.29 is 0 Å². The third-order valence-electron chi connectivity index (χ3n) is 4.04. The Balaban J connectivity index is 4.05. The number of allylic oxidation sites excluding steroid dienone is 2. The molecule has 0 fully saturated rings. The van der Waals surface area contributed by atoms with Gasteiger partial charge in [0, 0.05) is 11.8 Å². The van der Waals surface area contributed by atoms with Crippen molar-refractivity contribution in [3.05, 3.63) is 11.4 Å². The molecule has 0 saturated heterocycles. The van der Waals surface area contributed by atoms with Crippen LogP contribution in [-0.2, 0) is 0 Å². The summed E-state index contributed by atoms with van der Waals surface area (Å²) in [5, 5.41) is 42.7. The number of nitriles is 4. The fourth-order valence-electron chi connectivity index (χ4n) is 2.73. The second-order valence-corrected chi connectivity index (χ2v) is 5.05. The van der Waals surface area contributed by atoms with Crippen molar-refractivity contribution in [1.82, 2.24) is 0 Å². The fraction of sp³-hybridized carbons (Fsp3) is 0.429. The second kappa shape index (κ2) is 6.38. The molecule has 1 rings (SSSR count). The predicted molar refractivity (Wildman–Crippen MR) is 82.7 cm³/mol. The molecule has 0 heterocycles. The van der Waals surface area contributed by atoms with Crippen molar-refractivity contribution >= 4 is 34.8 Å². The molecule has 0 aromatic heterocycles. The molecule has 1 aliphatic rings. The first-order valence-corrected chi connectivity index (χ1v) is 6.82. The van der Waals surface area contributed by atoms with Gasteiger partial charge < -0.3 is 0 Å². The van der Waals surface area contributed by atoms with Gasteiger partial charge in [-0.2, -0.15) is 31.0 Å². The standard InChI is InChI=1S/C14H8N6S2/c1-9-11(19-7-21)12(20-8-22)10(2)14(5-17,6-18)13(9,3-15)4-16/h9-10H,1-2H3/t9-,10-/m1/s1. The van der Waals surface area contributed by atoms with Crippen molar-refractivity contribution in [2.24, 2.45) is 32.7 Å². The highest BCUT2D eigenvalue weighted by molar-refractivity contribution is 7.78. The van der Waals surface area contributed by atoms with Gasteiger partial charge >= 0.3 is 0 Å². The number of isothiocyanates is 2. The number of hydrogen-bond donors (Lipinski definition) is 0. The molecule has 0 unspecified atom stereocenters. The van der Waals surface area contributed by atoms with E-state index in [2.05, 4.69) is 44.7 Å². The van der Waals surface area contributed by atoms with Crippen LogP contribution in [0.15, 0.2) is 21.4 Å². The topological polar surface area (TPSA) is 120 Å². The third-order valence-corrected chi connectivity index (χ3v) is 4.22. The summed E-state index contributed by atoms with van der Waals surface area (Å²) in [7, 11) is 0. The van der Waals surface area contributed by atoms with Gasteiger partial charge in [0.15, 0.2) is 10.8 Å². The van der Waals surface area contributed by atoms with Crippen LogP contribution in [0.25, 0.3) is 0 Å².